The van der Waals surface area contributed by atoms with Crippen LogP contribution in [0.3, 0.4) is 0 Å². The van der Waals surface area contributed by atoms with E-state index in [1.54, 1.807) is 11.3 Å². The Labute approximate surface area is 124 Å². The number of thiazole rings is 1. The number of hydrogen-bond donors (Lipinski definition) is 1. The van der Waals surface area contributed by atoms with Crippen molar-refractivity contribution in [3.05, 3.63) is 49.0 Å². The second kappa shape index (κ2) is 5.79. The van der Waals surface area contributed by atoms with E-state index in [9.17, 15) is 4.79 Å². The predicted molar refractivity (Wildman–Crippen MR) is 81.9 cm³/mol. The van der Waals surface area contributed by atoms with Crippen LogP contribution in [-0.2, 0) is 6.54 Å². The number of halogens is 1. The Morgan fingerprint density at radius 1 is 1.44 bits per heavy atom. The van der Waals surface area contributed by atoms with E-state index in [0.717, 1.165) is 25.4 Å². The molecule has 1 N–H and O–H groups in total. The van der Waals surface area contributed by atoms with Gasteiger partial charge in [0.1, 0.15) is 5.01 Å². The highest BCUT2D eigenvalue weighted by molar-refractivity contribution is 14.1. The number of hydrogen-bond acceptors (Lipinski definition) is 3. The average molecular weight is 372 g/mol. The Kier molecular flexibility index (Phi) is 4.34. The zero-order valence-corrected chi connectivity index (χ0v) is 13.1. The van der Waals surface area contributed by atoms with Gasteiger partial charge in [-0.15, -0.1) is 11.3 Å². The Morgan fingerprint density at radius 2 is 2.22 bits per heavy atom. The van der Waals surface area contributed by atoms with Gasteiger partial charge in [-0.05, 0) is 48.1 Å². The molecule has 2 rings (SSSR count). The Bertz CT molecular complexity index is 580. The molecule has 0 aliphatic rings. The molecule has 0 bridgehead atoms. The summed E-state index contributed by atoms with van der Waals surface area (Å²) in [6, 6.07) is 5.75. The van der Waals surface area contributed by atoms with Crippen LogP contribution in [0, 0.1) is 17.4 Å². The minimum absolute atomic E-state index is 0.0454. The summed E-state index contributed by atoms with van der Waals surface area (Å²) >= 11 is 3.77. The van der Waals surface area contributed by atoms with E-state index in [4.69, 9.17) is 0 Å². The van der Waals surface area contributed by atoms with Crippen LogP contribution in [-0.4, -0.2) is 10.9 Å². The molecule has 0 atom stereocenters. The first kappa shape index (κ1) is 13.5. The molecule has 0 saturated carbocycles. The zero-order chi connectivity index (χ0) is 13.1. The van der Waals surface area contributed by atoms with Crippen molar-refractivity contribution in [2.24, 2.45) is 0 Å². The molecule has 0 spiro atoms. The van der Waals surface area contributed by atoms with Crippen molar-refractivity contribution in [2.45, 2.75) is 20.4 Å². The topological polar surface area (TPSA) is 42.0 Å². The quantitative estimate of drug-likeness (QED) is 0.841. The molecule has 3 nitrogen and oxygen atoms in total. The molecular formula is C13H13IN2OS. The van der Waals surface area contributed by atoms with Crippen LogP contribution in [0.25, 0.3) is 0 Å². The predicted octanol–water partition coefficient (Wildman–Crippen LogP) is 3.29. The smallest absolute Gasteiger partial charge is 0.252 e. The maximum Gasteiger partial charge on any atom is 0.252 e. The number of benzene rings is 1. The van der Waals surface area contributed by atoms with Gasteiger partial charge in [-0.2, -0.15) is 0 Å². The largest absolute Gasteiger partial charge is 0.345 e. The fraction of sp³-hybridized carbons (Fsp3) is 0.231. The van der Waals surface area contributed by atoms with Crippen molar-refractivity contribution in [2.75, 3.05) is 0 Å². The summed E-state index contributed by atoms with van der Waals surface area (Å²) in [5.74, 6) is -0.0454. The van der Waals surface area contributed by atoms with Gasteiger partial charge in [0.15, 0.2) is 0 Å². The molecule has 0 aliphatic carbocycles. The van der Waals surface area contributed by atoms with Crippen LogP contribution in [0.1, 0.15) is 26.6 Å². The third kappa shape index (κ3) is 3.08. The maximum atomic E-state index is 12.1. The molecule has 1 heterocycles. The van der Waals surface area contributed by atoms with Crippen LogP contribution in [0.15, 0.2) is 23.6 Å². The van der Waals surface area contributed by atoms with E-state index >= 15 is 0 Å². The van der Waals surface area contributed by atoms with Gasteiger partial charge in [-0.3, -0.25) is 4.79 Å². The van der Waals surface area contributed by atoms with Crippen LogP contribution < -0.4 is 5.32 Å². The number of nitrogens with zero attached hydrogens (tertiary/aromatic N) is 1. The molecule has 0 unspecified atom stereocenters. The molecule has 1 amide bonds. The highest BCUT2D eigenvalue weighted by Gasteiger charge is 2.11. The summed E-state index contributed by atoms with van der Waals surface area (Å²) < 4.78 is 1.00. The van der Waals surface area contributed by atoms with Gasteiger partial charge in [0, 0.05) is 14.6 Å². The second-order valence-electron chi connectivity index (χ2n) is 4.00. The second-order valence-corrected chi connectivity index (χ2v) is 6.02. The fourth-order valence-corrected chi connectivity index (χ4v) is 2.87. The van der Waals surface area contributed by atoms with Crippen LogP contribution in [0.4, 0.5) is 0 Å². The molecule has 0 radical (unpaired) electrons. The zero-order valence-electron chi connectivity index (χ0n) is 10.2. The summed E-state index contributed by atoms with van der Waals surface area (Å²) in [6.07, 6.45) is 0. The highest BCUT2D eigenvalue weighted by Crippen LogP contribution is 2.16. The van der Waals surface area contributed by atoms with Gasteiger partial charge < -0.3 is 5.32 Å². The molecular weight excluding hydrogens is 359 g/mol. The third-order valence-corrected chi connectivity index (χ3v) is 4.90. The minimum atomic E-state index is -0.0454. The number of aromatic nitrogens is 1. The van der Waals surface area contributed by atoms with Crippen molar-refractivity contribution in [3.8, 4) is 0 Å². The van der Waals surface area contributed by atoms with Crippen LogP contribution >= 0.6 is 33.9 Å². The van der Waals surface area contributed by atoms with Crippen molar-refractivity contribution in [1.29, 1.82) is 0 Å². The van der Waals surface area contributed by atoms with Gasteiger partial charge in [0.05, 0.1) is 12.1 Å². The Morgan fingerprint density at radius 3 is 2.89 bits per heavy atom. The first-order valence-corrected chi connectivity index (χ1v) is 7.48. The van der Waals surface area contributed by atoms with Crippen LogP contribution in [0.5, 0.6) is 0 Å². The Hall–Kier alpha value is -0.950. The normalized spacial score (nSPS) is 10.4. The summed E-state index contributed by atoms with van der Waals surface area (Å²) in [5, 5.41) is 5.82. The number of aryl methyl sites for hydroxylation is 2. The van der Waals surface area contributed by atoms with Gasteiger partial charge in [0.25, 0.3) is 5.91 Å². The van der Waals surface area contributed by atoms with Gasteiger partial charge in [-0.25, -0.2) is 4.98 Å². The molecule has 1 aromatic heterocycles. The van der Waals surface area contributed by atoms with Gasteiger partial charge >= 0.3 is 0 Å². The van der Waals surface area contributed by atoms with E-state index in [1.807, 2.05) is 37.4 Å². The monoisotopic (exact) mass is 372 g/mol. The number of carbonyl (C=O) groups is 1. The standard InChI is InChI=1S/C13H13IN2OS/c1-8-4-3-5-10(12(8)14)13(17)15-6-11-16-9(2)7-18-11/h3-5,7H,6H2,1-2H3,(H,15,17). The lowest BCUT2D eigenvalue weighted by Crippen LogP contribution is -2.23. The number of nitrogens with one attached hydrogen (secondary N) is 1. The van der Waals surface area contributed by atoms with Crippen molar-refractivity contribution in [1.82, 2.24) is 10.3 Å². The van der Waals surface area contributed by atoms with Gasteiger partial charge in [0.2, 0.25) is 0 Å². The van der Waals surface area contributed by atoms with Crippen LogP contribution in [0.2, 0.25) is 0 Å². The molecule has 94 valence electrons. The summed E-state index contributed by atoms with van der Waals surface area (Å²) in [6.45, 7) is 4.44. The summed E-state index contributed by atoms with van der Waals surface area (Å²) in [4.78, 5) is 16.4. The van der Waals surface area contributed by atoms with E-state index in [2.05, 4.69) is 32.9 Å². The first-order valence-electron chi connectivity index (χ1n) is 5.52. The highest BCUT2D eigenvalue weighted by atomic mass is 127. The molecule has 5 heteroatoms. The van der Waals surface area contributed by atoms with E-state index in [0.29, 0.717) is 6.54 Å². The number of carbonyl (C=O) groups excluding carboxylic acids is 1. The molecule has 1 aromatic carbocycles. The van der Waals surface area contributed by atoms with E-state index in [-0.39, 0.29) is 5.91 Å². The lowest BCUT2D eigenvalue weighted by Gasteiger charge is -2.07. The third-order valence-electron chi connectivity index (χ3n) is 2.50. The van der Waals surface area contributed by atoms with E-state index in [1.165, 1.54) is 0 Å². The molecule has 0 aliphatic heterocycles. The lowest BCUT2D eigenvalue weighted by atomic mass is 10.1. The number of amides is 1. The van der Waals surface area contributed by atoms with Crippen molar-refractivity contribution in [3.63, 3.8) is 0 Å². The summed E-state index contributed by atoms with van der Waals surface area (Å²) in [5.41, 5.74) is 2.84. The molecule has 0 fully saturated rings. The molecule has 18 heavy (non-hydrogen) atoms. The molecule has 0 saturated heterocycles. The van der Waals surface area contributed by atoms with Crippen molar-refractivity contribution >= 4 is 39.8 Å². The molecule has 2 aromatic rings. The van der Waals surface area contributed by atoms with E-state index < -0.39 is 0 Å². The fourth-order valence-electron chi connectivity index (χ4n) is 1.56. The first-order chi connectivity index (χ1) is 8.58. The van der Waals surface area contributed by atoms with Gasteiger partial charge in [-0.1, -0.05) is 12.1 Å². The number of rotatable bonds is 3. The Balaban J connectivity index is 2.06. The maximum absolute atomic E-state index is 12.1. The summed E-state index contributed by atoms with van der Waals surface area (Å²) in [7, 11) is 0. The SMILES string of the molecule is Cc1csc(CNC(=O)c2cccc(C)c2I)n1. The van der Waals surface area contributed by atoms with Crippen molar-refractivity contribution < 1.29 is 4.79 Å². The lowest BCUT2D eigenvalue weighted by molar-refractivity contribution is 0.0950. The average Bonchev–Trinajstić information content (AvgIpc) is 2.76. The minimum Gasteiger partial charge on any atom is -0.345 e.